The highest BCUT2D eigenvalue weighted by Crippen LogP contribution is 2.24. The van der Waals surface area contributed by atoms with Gasteiger partial charge in [0.25, 0.3) is 5.91 Å². The summed E-state index contributed by atoms with van der Waals surface area (Å²) in [4.78, 5) is 23.8. The molecule has 1 aromatic heterocycles. The predicted octanol–water partition coefficient (Wildman–Crippen LogP) is 5.21. The Kier molecular flexibility index (Phi) is 5.70. The fourth-order valence-corrected chi connectivity index (χ4v) is 3.33. The van der Waals surface area contributed by atoms with Gasteiger partial charge in [-0.1, -0.05) is 61.5 Å². The lowest BCUT2D eigenvalue weighted by atomic mass is 10.1. The topological polar surface area (TPSA) is 58.1 Å². The zero-order chi connectivity index (χ0) is 20.9. The normalized spacial score (nSPS) is 10.7. The van der Waals surface area contributed by atoms with E-state index in [0.717, 1.165) is 28.6 Å². The largest absolute Gasteiger partial charge is 0.340 e. The fourth-order valence-electron chi connectivity index (χ4n) is 3.33. The van der Waals surface area contributed by atoms with Gasteiger partial charge in [0.2, 0.25) is 5.82 Å². The minimum absolute atomic E-state index is 0.180. The van der Waals surface area contributed by atoms with E-state index in [1.165, 1.54) is 5.56 Å². The van der Waals surface area contributed by atoms with E-state index in [0.29, 0.717) is 12.4 Å². The number of para-hydroxylation sites is 1. The molecule has 0 bridgehead atoms. The third-order valence-electron chi connectivity index (χ3n) is 5.03. The van der Waals surface area contributed by atoms with Crippen molar-refractivity contribution in [2.75, 3.05) is 12.4 Å². The molecule has 1 heterocycles. The molecule has 3 aromatic carbocycles. The molecule has 0 saturated carbocycles. The minimum Gasteiger partial charge on any atom is -0.340 e. The maximum atomic E-state index is 13.1. The Bertz CT molecular complexity index is 1160. The number of aryl methyl sites for hydroxylation is 1. The van der Waals surface area contributed by atoms with Crippen molar-refractivity contribution in [3.8, 4) is 0 Å². The van der Waals surface area contributed by atoms with Crippen LogP contribution in [0.15, 0.2) is 78.9 Å². The van der Waals surface area contributed by atoms with Crippen LogP contribution in [0.2, 0.25) is 0 Å². The molecule has 4 aromatic rings. The molecular formula is C25H24N4O. The van der Waals surface area contributed by atoms with Gasteiger partial charge in [0, 0.05) is 24.7 Å². The third-order valence-corrected chi connectivity index (χ3v) is 5.03. The third kappa shape index (κ3) is 4.30. The Morgan fingerprint density at radius 2 is 1.57 bits per heavy atom. The average Bonchev–Trinajstić information content (AvgIpc) is 2.79. The van der Waals surface area contributed by atoms with Gasteiger partial charge < -0.3 is 10.2 Å². The number of nitrogens with zero attached hydrogens (tertiary/aromatic N) is 3. The minimum atomic E-state index is -0.214. The molecule has 5 heteroatoms. The standard InChI is InChI=1S/C25H24N4O/c1-3-18-13-15-20(16-14-18)26-23-21-11-7-8-12-22(21)27-24(28-23)25(30)29(2)17-19-9-5-4-6-10-19/h4-16H,3,17H2,1-2H3,(H,26,27,28). The molecule has 0 fully saturated rings. The molecule has 0 radical (unpaired) electrons. The summed E-state index contributed by atoms with van der Waals surface area (Å²) in [6, 6.07) is 25.8. The molecule has 1 N–H and O–H groups in total. The lowest BCUT2D eigenvalue weighted by molar-refractivity contribution is 0.0773. The maximum Gasteiger partial charge on any atom is 0.291 e. The molecule has 150 valence electrons. The Hall–Kier alpha value is -3.73. The number of hydrogen-bond acceptors (Lipinski definition) is 4. The Morgan fingerprint density at radius 3 is 2.30 bits per heavy atom. The van der Waals surface area contributed by atoms with Crippen molar-refractivity contribution >= 4 is 28.3 Å². The van der Waals surface area contributed by atoms with Crippen LogP contribution in [0.25, 0.3) is 10.9 Å². The van der Waals surface area contributed by atoms with Crippen LogP contribution in [0.3, 0.4) is 0 Å². The van der Waals surface area contributed by atoms with Crippen molar-refractivity contribution in [2.45, 2.75) is 19.9 Å². The monoisotopic (exact) mass is 396 g/mol. The number of fused-ring (bicyclic) bond motifs is 1. The molecule has 0 saturated heterocycles. The first kappa shape index (κ1) is 19.6. The summed E-state index contributed by atoms with van der Waals surface area (Å²) < 4.78 is 0. The van der Waals surface area contributed by atoms with E-state index in [1.807, 2.05) is 66.7 Å². The van der Waals surface area contributed by atoms with Crippen molar-refractivity contribution in [2.24, 2.45) is 0 Å². The first-order valence-corrected chi connectivity index (χ1v) is 10.1. The molecule has 5 nitrogen and oxygen atoms in total. The van der Waals surface area contributed by atoms with Crippen LogP contribution in [-0.4, -0.2) is 27.8 Å². The summed E-state index contributed by atoms with van der Waals surface area (Å²) in [5.74, 6) is 0.593. The summed E-state index contributed by atoms with van der Waals surface area (Å²) in [6.07, 6.45) is 0.989. The van der Waals surface area contributed by atoms with Crippen LogP contribution >= 0.6 is 0 Å². The average molecular weight is 396 g/mol. The SMILES string of the molecule is CCc1ccc(Nc2nc(C(=O)N(C)Cc3ccccc3)nc3ccccc23)cc1. The first-order valence-electron chi connectivity index (χ1n) is 10.1. The zero-order valence-electron chi connectivity index (χ0n) is 17.2. The highest BCUT2D eigenvalue weighted by atomic mass is 16.2. The number of carbonyl (C=O) groups excluding carboxylic acids is 1. The second-order valence-electron chi connectivity index (χ2n) is 7.24. The first-order chi connectivity index (χ1) is 14.6. The number of benzene rings is 3. The summed E-state index contributed by atoms with van der Waals surface area (Å²) in [6.45, 7) is 2.63. The Balaban J connectivity index is 1.65. The van der Waals surface area contributed by atoms with E-state index < -0.39 is 0 Å². The van der Waals surface area contributed by atoms with Crippen molar-refractivity contribution in [1.82, 2.24) is 14.9 Å². The van der Waals surface area contributed by atoms with Gasteiger partial charge in [0.1, 0.15) is 5.82 Å². The van der Waals surface area contributed by atoms with Gasteiger partial charge >= 0.3 is 0 Å². The van der Waals surface area contributed by atoms with Crippen molar-refractivity contribution in [3.63, 3.8) is 0 Å². The molecular weight excluding hydrogens is 372 g/mol. The van der Waals surface area contributed by atoms with Crippen LogP contribution in [0.5, 0.6) is 0 Å². The molecule has 1 amide bonds. The van der Waals surface area contributed by atoms with E-state index >= 15 is 0 Å². The number of anilines is 2. The Labute approximate surface area is 176 Å². The van der Waals surface area contributed by atoms with Gasteiger partial charge in [-0.05, 0) is 41.8 Å². The number of carbonyl (C=O) groups is 1. The number of hydrogen-bond donors (Lipinski definition) is 1. The Morgan fingerprint density at radius 1 is 0.867 bits per heavy atom. The highest BCUT2D eigenvalue weighted by Gasteiger charge is 2.18. The highest BCUT2D eigenvalue weighted by molar-refractivity contribution is 5.97. The molecule has 0 atom stereocenters. The van der Waals surface area contributed by atoms with E-state index in [9.17, 15) is 4.79 Å². The molecule has 0 aliphatic rings. The van der Waals surface area contributed by atoms with Gasteiger partial charge in [-0.2, -0.15) is 0 Å². The van der Waals surface area contributed by atoms with E-state index in [1.54, 1.807) is 11.9 Å². The second kappa shape index (κ2) is 8.74. The van der Waals surface area contributed by atoms with E-state index in [4.69, 9.17) is 0 Å². The van der Waals surface area contributed by atoms with Crippen molar-refractivity contribution in [1.29, 1.82) is 0 Å². The van der Waals surface area contributed by atoms with Gasteiger partial charge in [-0.3, -0.25) is 4.79 Å². The second-order valence-corrected chi connectivity index (χ2v) is 7.24. The van der Waals surface area contributed by atoms with Crippen LogP contribution in [0.4, 0.5) is 11.5 Å². The summed E-state index contributed by atoms with van der Waals surface area (Å²) in [5, 5.41) is 4.23. The summed E-state index contributed by atoms with van der Waals surface area (Å²) in [7, 11) is 1.77. The van der Waals surface area contributed by atoms with Gasteiger partial charge in [0.05, 0.1) is 5.52 Å². The van der Waals surface area contributed by atoms with Gasteiger partial charge in [-0.25, -0.2) is 9.97 Å². The van der Waals surface area contributed by atoms with Crippen LogP contribution in [0, 0.1) is 0 Å². The molecule has 0 aliphatic heterocycles. The van der Waals surface area contributed by atoms with Crippen LogP contribution in [-0.2, 0) is 13.0 Å². The maximum absolute atomic E-state index is 13.1. The van der Waals surface area contributed by atoms with E-state index in [2.05, 4.69) is 34.3 Å². The summed E-state index contributed by atoms with van der Waals surface area (Å²) in [5.41, 5.74) is 3.98. The van der Waals surface area contributed by atoms with Crippen LogP contribution in [0.1, 0.15) is 28.7 Å². The summed E-state index contributed by atoms with van der Waals surface area (Å²) >= 11 is 0. The lowest BCUT2D eigenvalue weighted by Crippen LogP contribution is -2.28. The van der Waals surface area contributed by atoms with Gasteiger partial charge in [-0.15, -0.1) is 0 Å². The van der Waals surface area contributed by atoms with Crippen LogP contribution < -0.4 is 5.32 Å². The predicted molar refractivity (Wildman–Crippen MR) is 121 cm³/mol. The van der Waals surface area contributed by atoms with Crippen molar-refractivity contribution < 1.29 is 4.79 Å². The number of nitrogens with one attached hydrogen (secondary N) is 1. The fraction of sp³-hybridized carbons (Fsp3) is 0.160. The number of aromatic nitrogens is 2. The number of rotatable bonds is 6. The molecule has 30 heavy (non-hydrogen) atoms. The zero-order valence-corrected chi connectivity index (χ0v) is 17.2. The lowest BCUT2D eigenvalue weighted by Gasteiger charge is -2.17. The quantitative estimate of drug-likeness (QED) is 0.486. The number of amides is 1. The molecule has 0 spiro atoms. The molecule has 0 unspecified atom stereocenters. The van der Waals surface area contributed by atoms with E-state index in [-0.39, 0.29) is 11.7 Å². The van der Waals surface area contributed by atoms with Gasteiger partial charge in [0.15, 0.2) is 0 Å². The molecule has 0 aliphatic carbocycles. The molecule has 4 rings (SSSR count). The van der Waals surface area contributed by atoms with Crippen molar-refractivity contribution in [3.05, 3.63) is 95.8 Å². The smallest absolute Gasteiger partial charge is 0.291 e.